The Morgan fingerprint density at radius 3 is 1.92 bits per heavy atom. The summed E-state index contributed by atoms with van der Waals surface area (Å²) in [6, 6.07) is 34.9. The number of rotatable bonds is 7. The van der Waals surface area contributed by atoms with Crippen molar-refractivity contribution < 1.29 is 13.2 Å². The van der Waals surface area contributed by atoms with Gasteiger partial charge in [-0.25, -0.2) is 0 Å². The van der Waals surface area contributed by atoms with Crippen LogP contribution in [0.2, 0.25) is 0 Å². The average Bonchev–Trinajstić information content (AvgIpc) is 2.94. The van der Waals surface area contributed by atoms with E-state index in [9.17, 15) is 13.2 Å². The van der Waals surface area contributed by atoms with Crippen LogP contribution in [0.3, 0.4) is 0 Å². The van der Waals surface area contributed by atoms with Crippen LogP contribution in [-0.2, 0) is 6.18 Å². The topological polar surface area (TPSA) is 3.24 Å². The van der Waals surface area contributed by atoms with E-state index in [2.05, 4.69) is 91.7 Å². The Bertz CT molecular complexity index is 1570. The highest BCUT2D eigenvalue weighted by Gasteiger charge is 2.31. The molecule has 0 N–H and O–H groups in total. The Kier molecular flexibility index (Phi) is 7.24. The summed E-state index contributed by atoms with van der Waals surface area (Å²) in [6.45, 7) is 2.14. The van der Waals surface area contributed by atoms with Crippen LogP contribution in [0.25, 0.3) is 27.6 Å². The largest absolute Gasteiger partial charge is 0.416 e. The summed E-state index contributed by atoms with van der Waals surface area (Å²) in [6.07, 6.45) is 0.582. The highest BCUT2D eigenvalue weighted by Crippen LogP contribution is 2.34. The van der Waals surface area contributed by atoms with E-state index in [1.54, 1.807) is 12.1 Å². The predicted octanol–water partition coefficient (Wildman–Crippen LogP) is 9.72. The molecule has 0 aliphatic heterocycles. The maximum atomic E-state index is 13.2. The molecule has 0 radical (unpaired) electrons. The highest BCUT2D eigenvalue weighted by molar-refractivity contribution is 5.86. The van der Waals surface area contributed by atoms with Crippen LogP contribution in [0.1, 0.15) is 36.0 Å². The van der Waals surface area contributed by atoms with Crippen molar-refractivity contribution in [2.24, 2.45) is 0 Å². The van der Waals surface area contributed by atoms with Gasteiger partial charge < -0.3 is 4.90 Å². The van der Waals surface area contributed by atoms with E-state index in [0.717, 1.165) is 22.2 Å². The van der Waals surface area contributed by atoms with Crippen LogP contribution in [0, 0.1) is 0 Å². The second-order valence-corrected chi connectivity index (χ2v) is 9.85. The van der Waals surface area contributed by atoms with E-state index in [4.69, 9.17) is 0 Å². The highest BCUT2D eigenvalue weighted by atomic mass is 19.4. The number of allylic oxidation sites excluding steroid dienone is 1. The molecule has 0 aromatic heterocycles. The van der Waals surface area contributed by atoms with Crippen molar-refractivity contribution in [3.8, 4) is 0 Å². The molecular formula is C34H30F3N. The molecule has 2 unspecified atom stereocenters. The van der Waals surface area contributed by atoms with Crippen molar-refractivity contribution >= 4 is 33.3 Å². The lowest BCUT2D eigenvalue weighted by atomic mass is 9.87. The Labute approximate surface area is 221 Å². The number of fused-ring (bicyclic) bond motifs is 2. The van der Waals surface area contributed by atoms with Crippen LogP contribution < -0.4 is 4.90 Å². The number of hydrogen-bond donors (Lipinski definition) is 0. The molecule has 0 fully saturated rings. The average molecular weight is 510 g/mol. The van der Waals surface area contributed by atoms with Crippen molar-refractivity contribution in [3.05, 3.63) is 132 Å². The van der Waals surface area contributed by atoms with E-state index >= 15 is 0 Å². The molecule has 0 saturated heterocycles. The smallest absolute Gasteiger partial charge is 0.371 e. The molecule has 4 heteroatoms. The van der Waals surface area contributed by atoms with Gasteiger partial charge in [-0.2, -0.15) is 13.2 Å². The molecule has 192 valence electrons. The minimum Gasteiger partial charge on any atom is -0.371 e. The van der Waals surface area contributed by atoms with E-state index in [1.165, 1.54) is 28.3 Å². The molecule has 0 amide bonds. The van der Waals surface area contributed by atoms with Gasteiger partial charge in [0.05, 0.1) is 5.56 Å². The Morgan fingerprint density at radius 2 is 1.29 bits per heavy atom. The molecular weight excluding hydrogens is 479 g/mol. The molecule has 5 aromatic rings. The zero-order valence-electron chi connectivity index (χ0n) is 21.5. The lowest BCUT2D eigenvalue weighted by Gasteiger charge is -2.34. The van der Waals surface area contributed by atoms with E-state index in [1.807, 2.05) is 24.3 Å². The first kappa shape index (κ1) is 25.6. The Morgan fingerprint density at radius 1 is 0.711 bits per heavy atom. The van der Waals surface area contributed by atoms with Gasteiger partial charge in [0.1, 0.15) is 0 Å². The summed E-state index contributed by atoms with van der Waals surface area (Å²) < 4.78 is 39.7. The van der Waals surface area contributed by atoms with Crippen molar-refractivity contribution in [3.63, 3.8) is 0 Å². The lowest BCUT2D eigenvalue weighted by molar-refractivity contribution is -0.137. The van der Waals surface area contributed by atoms with Crippen LogP contribution in [0.5, 0.6) is 0 Å². The normalized spacial score (nSPS) is 13.7. The summed E-state index contributed by atoms with van der Waals surface area (Å²) in [5, 5.41) is 4.71. The molecule has 0 saturated carbocycles. The number of alkyl halides is 3. The van der Waals surface area contributed by atoms with Crippen LogP contribution in [0.4, 0.5) is 18.9 Å². The van der Waals surface area contributed by atoms with Crippen LogP contribution >= 0.6 is 0 Å². The predicted molar refractivity (Wildman–Crippen MR) is 154 cm³/mol. The fraction of sp³-hybridized carbons (Fsp3) is 0.176. The molecule has 0 spiro atoms. The number of likely N-dealkylation sites (N-methyl/N-ethyl adjacent to an activating group) is 1. The molecule has 1 nitrogen and oxygen atoms in total. The Hall–Kier alpha value is -4.05. The maximum Gasteiger partial charge on any atom is 0.416 e. The van der Waals surface area contributed by atoms with Crippen LogP contribution in [-0.4, -0.2) is 13.1 Å². The third-order valence-electron chi connectivity index (χ3n) is 7.47. The summed E-state index contributed by atoms with van der Waals surface area (Å²) >= 11 is 0. The standard InChI is InChI=1S/C34H30F3N/c1-24(38(2)32-21-18-27-10-4-6-12-30(27)23-32)33(28-16-19-31(20-17-28)34(35,36)37)13-7-8-25-14-15-26-9-3-5-11-29(26)22-25/h3-12,14-24,33H,13H2,1-2H3/b8-7+. The number of hydrogen-bond acceptors (Lipinski definition) is 1. The fourth-order valence-corrected chi connectivity index (χ4v) is 5.09. The first-order valence-corrected chi connectivity index (χ1v) is 12.8. The molecule has 0 heterocycles. The summed E-state index contributed by atoms with van der Waals surface area (Å²) in [5.41, 5.74) is 2.44. The number of nitrogens with zero attached hydrogens (tertiary/aromatic N) is 1. The zero-order chi connectivity index (χ0) is 26.7. The quantitative estimate of drug-likeness (QED) is 0.211. The van der Waals surface area contributed by atoms with Gasteiger partial charge in [0, 0.05) is 24.7 Å². The van der Waals surface area contributed by atoms with Gasteiger partial charge >= 0.3 is 6.18 Å². The van der Waals surface area contributed by atoms with Gasteiger partial charge in [0.2, 0.25) is 0 Å². The van der Waals surface area contributed by atoms with E-state index < -0.39 is 11.7 Å². The molecule has 0 bridgehead atoms. The number of anilines is 1. The minimum atomic E-state index is -4.35. The van der Waals surface area contributed by atoms with Gasteiger partial charge in [-0.15, -0.1) is 0 Å². The van der Waals surface area contributed by atoms with Crippen molar-refractivity contribution in [2.45, 2.75) is 31.5 Å². The van der Waals surface area contributed by atoms with Crippen molar-refractivity contribution in [2.75, 3.05) is 11.9 Å². The third kappa shape index (κ3) is 5.60. The summed E-state index contributed by atoms with van der Waals surface area (Å²) in [7, 11) is 2.05. The van der Waals surface area contributed by atoms with Gasteiger partial charge in [-0.05, 0) is 76.3 Å². The molecule has 0 aliphatic carbocycles. The molecule has 0 aliphatic rings. The zero-order valence-corrected chi connectivity index (χ0v) is 21.5. The number of benzene rings is 5. The van der Waals surface area contributed by atoms with Crippen LogP contribution in [0.15, 0.2) is 115 Å². The molecule has 38 heavy (non-hydrogen) atoms. The van der Waals surface area contributed by atoms with Crippen molar-refractivity contribution in [1.29, 1.82) is 0 Å². The summed E-state index contributed by atoms with van der Waals surface area (Å²) in [4.78, 5) is 2.22. The van der Waals surface area contributed by atoms with E-state index in [0.29, 0.717) is 6.42 Å². The lowest BCUT2D eigenvalue weighted by Crippen LogP contribution is -2.34. The Balaban J connectivity index is 1.43. The van der Waals surface area contributed by atoms with Gasteiger partial charge in [-0.3, -0.25) is 0 Å². The van der Waals surface area contributed by atoms with E-state index in [-0.39, 0.29) is 12.0 Å². The first-order chi connectivity index (χ1) is 18.3. The second kappa shape index (κ2) is 10.7. The first-order valence-electron chi connectivity index (χ1n) is 12.8. The molecule has 2 atom stereocenters. The van der Waals surface area contributed by atoms with Gasteiger partial charge in [0.25, 0.3) is 0 Å². The fourth-order valence-electron chi connectivity index (χ4n) is 5.09. The monoisotopic (exact) mass is 509 g/mol. The minimum absolute atomic E-state index is 0.00883. The molecule has 5 rings (SSSR count). The molecule has 5 aromatic carbocycles. The maximum absolute atomic E-state index is 13.2. The van der Waals surface area contributed by atoms with Gasteiger partial charge in [0.15, 0.2) is 0 Å². The third-order valence-corrected chi connectivity index (χ3v) is 7.47. The van der Waals surface area contributed by atoms with Crippen molar-refractivity contribution in [1.82, 2.24) is 0 Å². The summed E-state index contributed by atoms with van der Waals surface area (Å²) in [5.74, 6) is -0.00883. The SMILES string of the molecule is CC(C(C/C=C/c1ccc2ccccc2c1)c1ccc(C(F)(F)F)cc1)N(C)c1ccc2ccccc2c1. The van der Waals surface area contributed by atoms with Gasteiger partial charge in [-0.1, -0.05) is 91.0 Å². The second-order valence-electron chi connectivity index (χ2n) is 9.85. The number of halogens is 3.